The third-order valence-electron chi connectivity index (χ3n) is 3.51. The van der Waals surface area contributed by atoms with Crippen LogP contribution < -0.4 is 10.2 Å². The van der Waals surface area contributed by atoms with E-state index in [-0.39, 0.29) is 18.5 Å². The molecule has 0 bridgehead atoms. The average molecular weight is 331 g/mol. The monoisotopic (exact) mass is 330 g/mol. The van der Waals surface area contributed by atoms with Crippen LogP contribution in [0.15, 0.2) is 48.8 Å². The van der Waals surface area contributed by atoms with Gasteiger partial charge in [0, 0.05) is 41.9 Å². The highest BCUT2D eigenvalue weighted by Crippen LogP contribution is 2.23. The van der Waals surface area contributed by atoms with E-state index in [0.717, 1.165) is 5.69 Å². The Morgan fingerprint density at radius 3 is 2.74 bits per heavy atom. The number of pyridine rings is 1. The summed E-state index contributed by atoms with van der Waals surface area (Å²) in [6.45, 7) is 1.04. The predicted octanol–water partition coefficient (Wildman–Crippen LogP) is 2.62. The Balaban J connectivity index is 1.62. The average Bonchev–Trinajstić information content (AvgIpc) is 2.89. The van der Waals surface area contributed by atoms with E-state index in [2.05, 4.69) is 10.3 Å². The van der Waals surface area contributed by atoms with E-state index in [1.807, 2.05) is 6.07 Å². The maximum atomic E-state index is 12.4. The van der Waals surface area contributed by atoms with Gasteiger partial charge in [-0.15, -0.1) is 0 Å². The van der Waals surface area contributed by atoms with E-state index in [1.165, 1.54) is 4.90 Å². The highest BCUT2D eigenvalue weighted by molar-refractivity contribution is 6.30. The molecule has 6 nitrogen and oxygen atoms in total. The van der Waals surface area contributed by atoms with Crippen molar-refractivity contribution in [2.45, 2.75) is 0 Å². The summed E-state index contributed by atoms with van der Waals surface area (Å²) in [6.07, 6.45) is 3.19. The molecule has 7 heteroatoms. The number of nitrogens with one attached hydrogen (secondary N) is 1. The number of amides is 3. The van der Waals surface area contributed by atoms with E-state index in [1.54, 1.807) is 47.6 Å². The second-order valence-electron chi connectivity index (χ2n) is 5.12. The maximum absolute atomic E-state index is 12.4. The van der Waals surface area contributed by atoms with E-state index >= 15 is 0 Å². The summed E-state index contributed by atoms with van der Waals surface area (Å²) in [5.41, 5.74) is 1.39. The van der Waals surface area contributed by atoms with Crippen molar-refractivity contribution in [2.24, 2.45) is 0 Å². The Morgan fingerprint density at radius 1 is 1.22 bits per heavy atom. The minimum atomic E-state index is -0.238. The van der Waals surface area contributed by atoms with Crippen molar-refractivity contribution in [1.82, 2.24) is 9.88 Å². The van der Waals surface area contributed by atoms with Crippen LogP contribution >= 0.6 is 11.6 Å². The van der Waals surface area contributed by atoms with E-state index in [0.29, 0.717) is 23.8 Å². The van der Waals surface area contributed by atoms with Gasteiger partial charge in [-0.05, 0) is 30.3 Å². The largest absolute Gasteiger partial charge is 0.325 e. The zero-order valence-corrected chi connectivity index (χ0v) is 13.0. The summed E-state index contributed by atoms with van der Waals surface area (Å²) in [4.78, 5) is 31.5. The molecule has 1 fully saturated rings. The molecule has 2 heterocycles. The molecule has 0 atom stereocenters. The molecular formula is C16H15ClN4O2. The molecule has 118 valence electrons. The lowest BCUT2D eigenvalue weighted by molar-refractivity contribution is -0.116. The van der Waals surface area contributed by atoms with Crippen LogP contribution in [0.5, 0.6) is 0 Å². The van der Waals surface area contributed by atoms with Crippen molar-refractivity contribution in [3.63, 3.8) is 0 Å². The number of aromatic nitrogens is 1. The quantitative estimate of drug-likeness (QED) is 0.937. The first kappa shape index (κ1) is 15.3. The number of benzene rings is 1. The van der Waals surface area contributed by atoms with Gasteiger partial charge in [-0.2, -0.15) is 0 Å². The predicted molar refractivity (Wildman–Crippen MR) is 88.6 cm³/mol. The number of nitrogens with zero attached hydrogens (tertiary/aromatic N) is 3. The van der Waals surface area contributed by atoms with E-state index in [4.69, 9.17) is 11.6 Å². The molecule has 0 unspecified atom stereocenters. The van der Waals surface area contributed by atoms with Gasteiger partial charge in [0.1, 0.15) is 6.54 Å². The number of anilines is 2. The summed E-state index contributed by atoms with van der Waals surface area (Å²) >= 11 is 5.96. The van der Waals surface area contributed by atoms with Crippen molar-refractivity contribution >= 4 is 34.9 Å². The zero-order chi connectivity index (χ0) is 16.2. The molecule has 2 aromatic rings. The number of hydrogen-bond donors (Lipinski definition) is 1. The minimum Gasteiger partial charge on any atom is -0.324 e. The lowest BCUT2D eigenvalue weighted by Gasteiger charge is -2.18. The van der Waals surface area contributed by atoms with Crippen molar-refractivity contribution in [2.75, 3.05) is 29.9 Å². The number of carbonyl (C=O) groups excluding carboxylic acids is 2. The Bertz CT molecular complexity index is 723. The normalized spacial score (nSPS) is 14.2. The molecule has 1 aliphatic rings. The van der Waals surface area contributed by atoms with Crippen LogP contribution in [-0.4, -0.2) is 41.5 Å². The smallest absolute Gasteiger partial charge is 0.324 e. The van der Waals surface area contributed by atoms with Crippen molar-refractivity contribution in [3.05, 3.63) is 53.8 Å². The molecule has 0 spiro atoms. The fourth-order valence-corrected chi connectivity index (χ4v) is 2.61. The molecule has 1 aliphatic heterocycles. The SMILES string of the molecule is O=C(CN1CCN(c2cccc(Cl)c2)C1=O)Nc1ccncc1. The molecule has 0 saturated carbocycles. The fourth-order valence-electron chi connectivity index (χ4n) is 2.42. The molecule has 0 radical (unpaired) electrons. The summed E-state index contributed by atoms with van der Waals surface area (Å²) in [5, 5.41) is 3.31. The van der Waals surface area contributed by atoms with Crippen molar-refractivity contribution in [3.8, 4) is 0 Å². The van der Waals surface area contributed by atoms with Gasteiger partial charge in [-0.25, -0.2) is 4.79 Å². The van der Waals surface area contributed by atoms with Crippen LogP contribution in [0.1, 0.15) is 0 Å². The number of rotatable bonds is 4. The first-order valence-corrected chi connectivity index (χ1v) is 7.53. The van der Waals surface area contributed by atoms with Crippen molar-refractivity contribution < 1.29 is 9.59 Å². The molecular weight excluding hydrogens is 316 g/mol. The standard InChI is InChI=1S/C16H15ClN4O2/c17-12-2-1-3-14(10-12)21-9-8-20(16(21)23)11-15(22)19-13-4-6-18-7-5-13/h1-7,10H,8-9,11H2,(H,18,19,22). The van der Waals surface area contributed by atoms with Gasteiger partial charge in [0.15, 0.2) is 0 Å². The molecule has 1 saturated heterocycles. The molecule has 1 aromatic heterocycles. The van der Waals surface area contributed by atoms with Gasteiger partial charge >= 0.3 is 6.03 Å². The first-order valence-electron chi connectivity index (χ1n) is 7.15. The third kappa shape index (κ3) is 3.60. The molecule has 3 amide bonds. The summed E-state index contributed by atoms with van der Waals surface area (Å²) in [6, 6.07) is 10.3. The van der Waals surface area contributed by atoms with Crippen LogP contribution in [0.3, 0.4) is 0 Å². The highest BCUT2D eigenvalue weighted by Gasteiger charge is 2.30. The number of hydrogen-bond acceptors (Lipinski definition) is 3. The summed E-state index contributed by atoms with van der Waals surface area (Å²) in [5.74, 6) is -0.238. The van der Waals surface area contributed by atoms with Gasteiger partial charge in [-0.3, -0.25) is 14.7 Å². The van der Waals surface area contributed by atoms with Gasteiger partial charge in [0.25, 0.3) is 0 Å². The van der Waals surface area contributed by atoms with Crippen LogP contribution in [-0.2, 0) is 4.79 Å². The van der Waals surface area contributed by atoms with Gasteiger partial charge in [-0.1, -0.05) is 17.7 Å². The van der Waals surface area contributed by atoms with Crippen molar-refractivity contribution in [1.29, 1.82) is 0 Å². The van der Waals surface area contributed by atoms with Crippen LogP contribution in [0, 0.1) is 0 Å². The topological polar surface area (TPSA) is 65.5 Å². The van der Waals surface area contributed by atoms with E-state index in [9.17, 15) is 9.59 Å². The molecule has 3 rings (SSSR count). The number of carbonyl (C=O) groups is 2. The molecule has 0 aliphatic carbocycles. The minimum absolute atomic E-state index is 0.0121. The zero-order valence-electron chi connectivity index (χ0n) is 12.3. The summed E-state index contributed by atoms with van der Waals surface area (Å²) < 4.78 is 0. The Hall–Kier alpha value is -2.60. The molecule has 1 aromatic carbocycles. The highest BCUT2D eigenvalue weighted by atomic mass is 35.5. The first-order chi connectivity index (χ1) is 11.1. The van der Waals surface area contributed by atoms with Crippen LogP contribution in [0.2, 0.25) is 5.02 Å². The maximum Gasteiger partial charge on any atom is 0.325 e. The second-order valence-corrected chi connectivity index (χ2v) is 5.56. The number of urea groups is 1. The lowest BCUT2D eigenvalue weighted by Crippen LogP contribution is -2.37. The lowest BCUT2D eigenvalue weighted by atomic mass is 10.3. The van der Waals surface area contributed by atoms with Crippen LogP contribution in [0.25, 0.3) is 0 Å². The summed E-state index contributed by atoms with van der Waals surface area (Å²) in [7, 11) is 0. The van der Waals surface area contributed by atoms with Gasteiger partial charge in [0.2, 0.25) is 5.91 Å². The fraction of sp³-hybridized carbons (Fsp3) is 0.188. The molecule has 23 heavy (non-hydrogen) atoms. The third-order valence-corrected chi connectivity index (χ3v) is 3.75. The molecule has 1 N–H and O–H groups in total. The van der Waals surface area contributed by atoms with Gasteiger partial charge in [0.05, 0.1) is 0 Å². The Labute approximate surface area is 138 Å². The van der Waals surface area contributed by atoms with Gasteiger partial charge < -0.3 is 10.2 Å². The number of halogens is 1. The van der Waals surface area contributed by atoms with Crippen LogP contribution in [0.4, 0.5) is 16.2 Å². The Morgan fingerprint density at radius 2 is 2.00 bits per heavy atom. The van der Waals surface area contributed by atoms with E-state index < -0.39 is 0 Å². The Kier molecular flexibility index (Phi) is 4.43. The second kappa shape index (κ2) is 6.66.